The van der Waals surface area contributed by atoms with E-state index in [2.05, 4.69) is 73.7 Å². The molecule has 2 aromatic carbocycles. The molecule has 6 rings (SSSR count). The van der Waals surface area contributed by atoms with Gasteiger partial charge in [-0.2, -0.15) is 0 Å². The Labute approximate surface area is 227 Å². The lowest BCUT2D eigenvalue weighted by Crippen LogP contribution is -2.35. The monoisotopic (exact) mass is 519 g/mol. The number of aryl methyl sites for hydroxylation is 2. The smallest absolute Gasteiger partial charge is 0.253 e. The number of hydrogen-bond acceptors (Lipinski definition) is 6. The molecule has 0 bridgehead atoms. The number of fused-ring (bicyclic) bond motifs is 1. The lowest BCUT2D eigenvalue weighted by molar-refractivity contribution is 0.190. The molecule has 5 aromatic rings. The molecule has 39 heavy (non-hydrogen) atoms. The number of nitrogens with one attached hydrogen (secondary N) is 1. The molecule has 1 saturated carbocycles. The van der Waals surface area contributed by atoms with Gasteiger partial charge in [0.05, 0.1) is 11.6 Å². The second kappa shape index (κ2) is 10.9. The molecule has 0 saturated heterocycles. The minimum atomic E-state index is -0.464. The Morgan fingerprint density at radius 1 is 0.974 bits per heavy atom. The molecule has 1 fully saturated rings. The van der Waals surface area contributed by atoms with Gasteiger partial charge >= 0.3 is 0 Å². The summed E-state index contributed by atoms with van der Waals surface area (Å²) in [4.78, 5) is 23.8. The number of aromatic nitrogens is 6. The number of pyridine rings is 2. The third-order valence-electron chi connectivity index (χ3n) is 7.90. The topological polar surface area (TPSA) is 92.6 Å². The third-order valence-corrected chi connectivity index (χ3v) is 7.90. The van der Waals surface area contributed by atoms with Crippen LogP contribution in [0.4, 0.5) is 0 Å². The van der Waals surface area contributed by atoms with Crippen LogP contribution in [0.3, 0.4) is 0 Å². The molecule has 8 nitrogen and oxygen atoms in total. The summed E-state index contributed by atoms with van der Waals surface area (Å²) in [6.45, 7) is 5.30. The summed E-state index contributed by atoms with van der Waals surface area (Å²) in [5.74, 6) is 0.705. The Morgan fingerprint density at radius 3 is 2.49 bits per heavy atom. The van der Waals surface area contributed by atoms with Crippen LogP contribution in [0, 0.1) is 13.8 Å². The standard InChI is InChI=1S/C31H33N7O/c1-21-14-15-22(2)28-26(21)17-27(31(39)33-28)29(30-34-35-36-38(30)25-12-6-7-13-25)37(19-23-9-4-3-5-10-23)20-24-11-8-16-32-18-24/h3-5,8-11,14-18,25,29H,6-7,12-13,19-20H2,1-2H3,(H,33,39)/t29-/m1/s1. The summed E-state index contributed by atoms with van der Waals surface area (Å²) in [5, 5.41) is 14.2. The molecular formula is C31H33N7O. The van der Waals surface area contributed by atoms with Crippen molar-refractivity contribution >= 4 is 10.9 Å². The largest absolute Gasteiger partial charge is 0.321 e. The molecule has 0 spiro atoms. The first-order chi connectivity index (χ1) is 19.1. The Kier molecular flexibility index (Phi) is 7.02. The van der Waals surface area contributed by atoms with Crippen molar-refractivity contribution in [1.29, 1.82) is 0 Å². The zero-order valence-corrected chi connectivity index (χ0v) is 22.4. The molecule has 8 heteroatoms. The average molecular weight is 520 g/mol. The highest BCUT2D eigenvalue weighted by molar-refractivity contribution is 5.85. The second-order valence-corrected chi connectivity index (χ2v) is 10.6. The van der Waals surface area contributed by atoms with E-state index in [9.17, 15) is 4.79 Å². The van der Waals surface area contributed by atoms with E-state index in [1.165, 1.54) is 0 Å². The van der Waals surface area contributed by atoms with Crippen molar-refractivity contribution in [3.05, 3.63) is 117 Å². The molecule has 1 N–H and O–H groups in total. The first kappa shape index (κ1) is 25.1. The summed E-state index contributed by atoms with van der Waals surface area (Å²) in [7, 11) is 0. The number of rotatable bonds is 8. The van der Waals surface area contributed by atoms with Crippen molar-refractivity contribution < 1.29 is 0 Å². The van der Waals surface area contributed by atoms with Crippen LogP contribution in [-0.4, -0.2) is 35.1 Å². The first-order valence-electron chi connectivity index (χ1n) is 13.7. The Bertz CT molecular complexity index is 1580. The Hall–Kier alpha value is -4.17. The van der Waals surface area contributed by atoms with Gasteiger partial charge < -0.3 is 4.98 Å². The van der Waals surface area contributed by atoms with E-state index in [1.54, 1.807) is 6.20 Å². The first-order valence-corrected chi connectivity index (χ1v) is 13.7. The van der Waals surface area contributed by atoms with Crippen molar-refractivity contribution in [2.75, 3.05) is 0 Å². The van der Waals surface area contributed by atoms with Crippen LogP contribution in [0.25, 0.3) is 10.9 Å². The van der Waals surface area contributed by atoms with Gasteiger partial charge in [-0.1, -0.05) is 61.4 Å². The van der Waals surface area contributed by atoms with Crippen molar-refractivity contribution in [2.45, 2.75) is 64.7 Å². The molecule has 0 radical (unpaired) electrons. The SMILES string of the molecule is Cc1ccc(C)c2[nH]c(=O)c([C@H](c3nnnn3C3CCCC3)N(Cc3ccccc3)Cc3cccnc3)cc12. The van der Waals surface area contributed by atoms with E-state index in [0.29, 0.717) is 24.5 Å². The lowest BCUT2D eigenvalue weighted by atomic mass is 9.98. The molecule has 198 valence electrons. The maximum Gasteiger partial charge on any atom is 0.253 e. The van der Waals surface area contributed by atoms with E-state index in [-0.39, 0.29) is 11.6 Å². The van der Waals surface area contributed by atoms with Crippen LogP contribution in [0.5, 0.6) is 0 Å². The fourth-order valence-electron chi connectivity index (χ4n) is 5.87. The normalized spacial score (nSPS) is 14.8. The van der Waals surface area contributed by atoms with E-state index in [0.717, 1.165) is 58.8 Å². The van der Waals surface area contributed by atoms with Crippen LogP contribution in [0.1, 0.15) is 71.4 Å². The highest BCUT2D eigenvalue weighted by Crippen LogP contribution is 2.35. The maximum absolute atomic E-state index is 13.9. The van der Waals surface area contributed by atoms with E-state index in [4.69, 9.17) is 0 Å². The minimum absolute atomic E-state index is 0.119. The zero-order valence-electron chi connectivity index (χ0n) is 22.4. The van der Waals surface area contributed by atoms with Gasteiger partial charge in [0.15, 0.2) is 5.82 Å². The molecular weight excluding hydrogens is 486 g/mol. The number of benzene rings is 2. The summed E-state index contributed by atoms with van der Waals surface area (Å²) < 4.78 is 1.98. The Balaban J connectivity index is 1.56. The fourth-order valence-corrected chi connectivity index (χ4v) is 5.87. The fraction of sp³-hybridized carbons (Fsp3) is 0.323. The van der Waals surface area contributed by atoms with Crippen molar-refractivity contribution in [2.24, 2.45) is 0 Å². The van der Waals surface area contributed by atoms with Gasteiger partial charge in [-0.15, -0.1) is 5.10 Å². The zero-order chi connectivity index (χ0) is 26.8. The maximum atomic E-state index is 13.9. The molecule has 0 aliphatic heterocycles. The van der Waals surface area contributed by atoms with Crippen LogP contribution < -0.4 is 5.56 Å². The molecule has 0 amide bonds. The predicted octanol–water partition coefficient (Wildman–Crippen LogP) is 5.43. The predicted molar refractivity (Wildman–Crippen MR) is 151 cm³/mol. The van der Waals surface area contributed by atoms with Crippen LogP contribution in [0.15, 0.2) is 77.9 Å². The highest BCUT2D eigenvalue weighted by atomic mass is 16.1. The van der Waals surface area contributed by atoms with Crippen LogP contribution >= 0.6 is 0 Å². The van der Waals surface area contributed by atoms with Gasteiger partial charge in [0, 0.05) is 36.4 Å². The summed E-state index contributed by atoms with van der Waals surface area (Å²) in [5.41, 5.74) is 5.77. The summed E-state index contributed by atoms with van der Waals surface area (Å²) >= 11 is 0. The number of tetrazole rings is 1. The van der Waals surface area contributed by atoms with E-state index < -0.39 is 6.04 Å². The van der Waals surface area contributed by atoms with Crippen LogP contribution in [-0.2, 0) is 13.1 Å². The third kappa shape index (κ3) is 5.12. The number of hydrogen-bond donors (Lipinski definition) is 1. The number of H-pyrrole nitrogens is 1. The van der Waals surface area contributed by atoms with Gasteiger partial charge in [0.2, 0.25) is 0 Å². The van der Waals surface area contributed by atoms with E-state index >= 15 is 0 Å². The van der Waals surface area contributed by atoms with Gasteiger partial charge in [-0.25, -0.2) is 4.68 Å². The molecule has 0 unspecified atom stereocenters. The number of aromatic amines is 1. The molecule has 3 heterocycles. The van der Waals surface area contributed by atoms with Gasteiger partial charge in [-0.05, 0) is 71.5 Å². The lowest BCUT2D eigenvalue weighted by Gasteiger charge is -2.32. The van der Waals surface area contributed by atoms with Gasteiger partial charge in [-0.3, -0.25) is 14.7 Å². The molecule has 1 atom stereocenters. The molecule has 3 aromatic heterocycles. The highest BCUT2D eigenvalue weighted by Gasteiger charge is 2.33. The minimum Gasteiger partial charge on any atom is -0.321 e. The van der Waals surface area contributed by atoms with Crippen molar-refractivity contribution in [3.63, 3.8) is 0 Å². The Morgan fingerprint density at radius 2 is 1.72 bits per heavy atom. The van der Waals surface area contributed by atoms with Gasteiger partial charge in [0.25, 0.3) is 5.56 Å². The number of nitrogens with zero attached hydrogens (tertiary/aromatic N) is 6. The van der Waals surface area contributed by atoms with E-state index in [1.807, 2.05) is 42.1 Å². The molecule has 1 aliphatic carbocycles. The van der Waals surface area contributed by atoms with Crippen molar-refractivity contribution in [1.82, 2.24) is 35.1 Å². The quantitative estimate of drug-likeness (QED) is 0.294. The van der Waals surface area contributed by atoms with Crippen molar-refractivity contribution in [3.8, 4) is 0 Å². The van der Waals surface area contributed by atoms with Gasteiger partial charge in [0.1, 0.15) is 6.04 Å². The summed E-state index contributed by atoms with van der Waals surface area (Å²) in [6, 6.07) is 20.3. The summed E-state index contributed by atoms with van der Waals surface area (Å²) in [6.07, 6.45) is 8.06. The molecule has 1 aliphatic rings. The van der Waals surface area contributed by atoms with Crippen LogP contribution in [0.2, 0.25) is 0 Å². The second-order valence-electron chi connectivity index (χ2n) is 10.6. The average Bonchev–Trinajstić information content (AvgIpc) is 3.65.